The first-order valence-corrected chi connectivity index (χ1v) is 13.8. The number of carbonyl (C=O) groups excluding carboxylic acids is 2. The first-order chi connectivity index (χ1) is 18.1. The largest absolute Gasteiger partial charge is 0.383 e. The number of carbonyl (C=O) groups is 2. The fourth-order valence-corrected chi connectivity index (χ4v) is 5.39. The number of benzene rings is 2. The van der Waals surface area contributed by atoms with Crippen molar-refractivity contribution in [2.24, 2.45) is 0 Å². The quantitative estimate of drug-likeness (QED) is 0.431. The van der Waals surface area contributed by atoms with Crippen LogP contribution in [0.25, 0.3) is 10.9 Å². The number of ether oxygens (including phenoxy) is 2. The molecule has 8 nitrogen and oxygen atoms in total. The molecule has 1 unspecified atom stereocenters. The molecule has 0 bridgehead atoms. The van der Waals surface area contributed by atoms with Crippen LogP contribution in [0, 0.1) is 0 Å². The molecule has 1 saturated heterocycles. The van der Waals surface area contributed by atoms with Crippen molar-refractivity contribution in [2.75, 3.05) is 57.7 Å². The zero-order valence-electron chi connectivity index (χ0n) is 21.2. The first kappa shape index (κ1) is 25.5. The molecule has 2 aliphatic rings. The van der Waals surface area contributed by atoms with Gasteiger partial charge in [-0.1, -0.05) is 24.3 Å². The highest BCUT2D eigenvalue weighted by Gasteiger charge is 2.31. The highest BCUT2D eigenvalue weighted by atomic mass is 32.2. The normalized spacial score (nSPS) is 17.1. The predicted octanol–water partition coefficient (Wildman–Crippen LogP) is 3.64. The average molecular weight is 521 g/mol. The van der Waals surface area contributed by atoms with E-state index >= 15 is 0 Å². The zero-order valence-corrected chi connectivity index (χ0v) is 22.1. The van der Waals surface area contributed by atoms with E-state index in [0.717, 1.165) is 45.8 Å². The van der Waals surface area contributed by atoms with E-state index in [1.807, 2.05) is 23.1 Å². The summed E-state index contributed by atoms with van der Waals surface area (Å²) in [5.74, 6) is 0.725. The van der Waals surface area contributed by atoms with E-state index in [2.05, 4.69) is 40.7 Å². The van der Waals surface area contributed by atoms with Crippen molar-refractivity contribution >= 4 is 40.3 Å². The predicted molar refractivity (Wildman–Crippen MR) is 145 cm³/mol. The Morgan fingerprint density at radius 1 is 1.22 bits per heavy atom. The number of methoxy groups -OCH3 is 1. The average Bonchev–Trinajstić information content (AvgIpc) is 3.25. The van der Waals surface area contributed by atoms with Crippen molar-refractivity contribution in [1.29, 1.82) is 0 Å². The third kappa shape index (κ3) is 5.58. The number of nitrogens with zero attached hydrogens (tertiary/aromatic N) is 3. The second kappa shape index (κ2) is 11.5. The van der Waals surface area contributed by atoms with Gasteiger partial charge in [0.2, 0.25) is 5.91 Å². The number of amides is 2. The minimum atomic E-state index is -0.334. The third-order valence-corrected chi connectivity index (χ3v) is 7.66. The Morgan fingerprint density at radius 2 is 2.03 bits per heavy atom. The Labute approximate surface area is 221 Å². The van der Waals surface area contributed by atoms with Crippen molar-refractivity contribution in [3.05, 3.63) is 65.2 Å². The van der Waals surface area contributed by atoms with Crippen LogP contribution in [0.3, 0.4) is 0 Å². The van der Waals surface area contributed by atoms with Crippen LogP contribution in [-0.4, -0.2) is 74.5 Å². The molecular formula is C28H32N4O4S. The highest BCUT2D eigenvalue weighted by molar-refractivity contribution is 7.98. The van der Waals surface area contributed by atoms with E-state index in [0.29, 0.717) is 38.5 Å². The van der Waals surface area contributed by atoms with Crippen molar-refractivity contribution in [1.82, 2.24) is 15.2 Å². The monoisotopic (exact) mass is 520 g/mol. The van der Waals surface area contributed by atoms with Crippen LogP contribution in [0.4, 0.5) is 5.82 Å². The number of aromatic nitrogens is 1. The van der Waals surface area contributed by atoms with Gasteiger partial charge < -0.3 is 24.6 Å². The lowest BCUT2D eigenvalue weighted by Gasteiger charge is -2.31. The topological polar surface area (TPSA) is 84.0 Å². The molecule has 1 fully saturated rings. The lowest BCUT2D eigenvalue weighted by molar-refractivity contribution is -0.133. The van der Waals surface area contributed by atoms with Gasteiger partial charge in [0.25, 0.3) is 5.91 Å². The van der Waals surface area contributed by atoms with Gasteiger partial charge in [0.05, 0.1) is 37.8 Å². The van der Waals surface area contributed by atoms with Gasteiger partial charge in [-0.3, -0.25) is 9.59 Å². The lowest BCUT2D eigenvalue weighted by Crippen LogP contribution is -2.39. The van der Waals surface area contributed by atoms with Crippen LogP contribution in [0.5, 0.6) is 0 Å². The van der Waals surface area contributed by atoms with Crippen LogP contribution >= 0.6 is 11.8 Å². The van der Waals surface area contributed by atoms with E-state index < -0.39 is 0 Å². The Morgan fingerprint density at radius 3 is 2.81 bits per heavy atom. The van der Waals surface area contributed by atoms with Gasteiger partial charge in [0.15, 0.2) is 0 Å². The number of rotatable bonds is 9. The number of hydrogen-bond donors (Lipinski definition) is 1. The molecule has 0 aliphatic carbocycles. The minimum absolute atomic E-state index is 0.0372. The highest BCUT2D eigenvalue weighted by Crippen LogP contribution is 2.31. The molecule has 37 heavy (non-hydrogen) atoms. The van der Waals surface area contributed by atoms with Gasteiger partial charge in [-0.25, -0.2) is 4.98 Å². The van der Waals surface area contributed by atoms with E-state index in [4.69, 9.17) is 14.5 Å². The molecule has 2 aromatic carbocycles. The molecule has 5 rings (SSSR count). The molecule has 0 saturated carbocycles. The van der Waals surface area contributed by atoms with Crippen LogP contribution in [-0.2, 0) is 20.8 Å². The molecule has 1 atom stereocenters. The molecular weight excluding hydrogens is 488 g/mol. The maximum Gasteiger partial charge on any atom is 0.252 e. The number of hydrogen-bond acceptors (Lipinski definition) is 7. The molecule has 1 N–H and O–H groups in total. The SMILES string of the molecule is COCCN(Cc1cc2ccc(SC)cc2nc1N1CCOCC1)C(=O)CC1NC(=O)c2ccccc21. The lowest BCUT2D eigenvalue weighted by atomic mass is 10.0. The Hall–Kier alpha value is -3.14. The summed E-state index contributed by atoms with van der Waals surface area (Å²) in [7, 11) is 1.64. The van der Waals surface area contributed by atoms with E-state index in [-0.39, 0.29) is 24.3 Å². The van der Waals surface area contributed by atoms with Gasteiger partial charge >= 0.3 is 0 Å². The maximum atomic E-state index is 13.6. The molecule has 1 aromatic heterocycles. The second-order valence-electron chi connectivity index (χ2n) is 9.25. The Kier molecular flexibility index (Phi) is 7.93. The summed E-state index contributed by atoms with van der Waals surface area (Å²) in [6.45, 7) is 4.09. The minimum Gasteiger partial charge on any atom is -0.383 e. The number of anilines is 1. The summed E-state index contributed by atoms with van der Waals surface area (Å²) in [5, 5.41) is 4.01. The summed E-state index contributed by atoms with van der Waals surface area (Å²) >= 11 is 1.69. The molecule has 3 aromatic rings. The number of morpholine rings is 1. The standard InChI is InChI=1S/C28H32N4O4S/c1-35-12-9-32(26(33)17-25-22-5-3-4-6-23(22)28(34)30-25)18-20-15-19-7-8-21(37-2)16-24(19)29-27(20)31-10-13-36-14-11-31/h3-8,15-16,25H,9-14,17-18H2,1-2H3,(H,30,34). The van der Waals surface area contributed by atoms with E-state index in [9.17, 15) is 9.59 Å². The van der Waals surface area contributed by atoms with Gasteiger partial charge in [0, 0.05) is 54.7 Å². The molecule has 9 heteroatoms. The van der Waals surface area contributed by atoms with Gasteiger partial charge in [-0.15, -0.1) is 11.8 Å². The van der Waals surface area contributed by atoms with Crippen molar-refractivity contribution in [2.45, 2.75) is 23.9 Å². The molecule has 194 valence electrons. The maximum absolute atomic E-state index is 13.6. The van der Waals surface area contributed by atoms with Crippen LogP contribution < -0.4 is 10.2 Å². The summed E-state index contributed by atoms with van der Waals surface area (Å²) in [6, 6.07) is 15.6. The van der Waals surface area contributed by atoms with Gasteiger partial charge in [0.1, 0.15) is 5.82 Å². The van der Waals surface area contributed by atoms with Crippen molar-refractivity contribution in [3.8, 4) is 0 Å². The van der Waals surface area contributed by atoms with Crippen molar-refractivity contribution in [3.63, 3.8) is 0 Å². The molecule has 3 heterocycles. The molecule has 0 radical (unpaired) electrons. The number of thioether (sulfide) groups is 1. The molecule has 2 aliphatic heterocycles. The molecule has 0 spiro atoms. The third-order valence-electron chi connectivity index (χ3n) is 6.94. The van der Waals surface area contributed by atoms with Gasteiger partial charge in [-0.05, 0) is 36.1 Å². The summed E-state index contributed by atoms with van der Waals surface area (Å²) in [6.07, 6.45) is 2.25. The second-order valence-corrected chi connectivity index (χ2v) is 10.1. The first-order valence-electron chi connectivity index (χ1n) is 12.5. The number of pyridine rings is 1. The van der Waals surface area contributed by atoms with Gasteiger partial charge in [-0.2, -0.15) is 0 Å². The zero-order chi connectivity index (χ0) is 25.8. The Balaban J connectivity index is 1.44. The molecule has 2 amide bonds. The fourth-order valence-electron chi connectivity index (χ4n) is 4.96. The summed E-state index contributed by atoms with van der Waals surface area (Å²) < 4.78 is 10.9. The van der Waals surface area contributed by atoms with Crippen molar-refractivity contribution < 1.29 is 19.1 Å². The summed E-state index contributed by atoms with van der Waals surface area (Å²) in [5.41, 5.74) is 3.45. The summed E-state index contributed by atoms with van der Waals surface area (Å²) in [4.78, 5) is 36.3. The number of fused-ring (bicyclic) bond motifs is 2. The fraction of sp³-hybridized carbons (Fsp3) is 0.393. The van der Waals surface area contributed by atoms with E-state index in [1.54, 1.807) is 24.9 Å². The number of nitrogens with one attached hydrogen (secondary N) is 1. The smallest absolute Gasteiger partial charge is 0.252 e. The van der Waals surface area contributed by atoms with Crippen LogP contribution in [0.1, 0.15) is 33.9 Å². The van der Waals surface area contributed by atoms with E-state index in [1.165, 1.54) is 0 Å². The van der Waals surface area contributed by atoms with Crippen LogP contribution in [0.2, 0.25) is 0 Å². The van der Waals surface area contributed by atoms with Crippen LogP contribution in [0.15, 0.2) is 53.4 Å². The Bertz CT molecular complexity index is 1290.